The molecule has 1 aromatic rings. The molecule has 0 bridgehead atoms. The van der Waals surface area contributed by atoms with E-state index in [0.29, 0.717) is 5.56 Å². The van der Waals surface area contributed by atoms with Gasteiger partial charge in [0.05, 0.1) is 13.2 Å². The first-order valence-corrected chi connectivity index (χ1v) is 6.51. The van der Waals surface area contributed by atoms with Gasteiger partial charge in [-0.3, -0.25) is 9.59 Å². The molecule has 0 N–H and O–H groups in total. The highest BCUT2D eigenvalue weighted by Gasteiger charge is 2.30. The summed E-state index contributed by atoms with van der Waals surface area (Å²) in [5, 5.41) is 0. The zero-order chi connectivity index (χ0) is 15.0. The van der Waals surface area contributed by atoms with E-state index in [1.165, 1.54) is 0 Å². The SMILES string of the molecule is C#Cc1ccccc1CC(C(=O)OCC)C(=O)OCC. The zero-order valence-corrected chi connectivity index (χ0v) is 11.7. The van der Waals surface area contributed by atoms with Gasteiger partial charge < -0.3 is 9.47 Å². The summed E-state index contributed by atoms with van der Waals surface area (Å²) in [6, 6.07) is 7.18. The standard InChI is InChI=1S/C16H18O4/c1-4-12-9-7-8-10-13(12)11-14(15(17)19-5-2)16(18)20-6-3/h1,7-10,14H,5-6,11H2,2-3H3. The molecule has 0 heterocycles. The van der Waals surface area contributed by atoms with Gasteiger partial charge in [-0.1, -0.05) is 24.1 Å². The van der Waals surface area contributed by atoms with Crippen molar-refractivity contribution in [3.05, 3.63) is 35.4 Å². The van der Waals surface area contributed by atoms with Gasteiger partial charge in [-0.05, 0) is 31.9 Å². The maximum atomic E-state index is 11.9. The fourth-order valence-electron chi connectivity index (χ4n) is 1.81. The molecule has 0 aliphatic rings. The second kappa shape index (κ2) is 8.00. The monoisotopic (exact) mass is 274 g/mol. The van der Waals surface area contributed by atoms with Crippen molar-refractivity contribution in [2.24, 2.45) is 5.92 Å². The van der Waals surface area contributed by atoms with E-state index in [-0.39, 0.29) is 19.6 Å². The molecule has 0 amide bonds. The van der Waals surface area contributed by atoms with Crippen molar-refractivity contribution in [3.63, 3.8) is 0 Å². The first-order chi connectivity index (χ1) is 9.63. The van der Waals surface area contributed by atoms with Crippen LogP contribution in [-0.2, 0) is 25.5 Å². The van der Waals surface area contributed by atoms with Crippen LogP contribution >= 0.6 is 0 Å². The lowest BCUT2D eigenvalue weighted by atomic mass is 9.96. The van der Waals surface area contributed by atoms with Gasteiger partial charge in [-0.15, -0.1) is 6.42 Å². The summed E-state index contributed by atoms with van der Waals surface area (Å²) in [6.45, 7) is 3.81. The first kappa shape index (κ1) is 15.8. The highest BCUT2D eigenvalue weighted by Crippen LogP contribution is 2.16. The van der Waals surface area contributed by atoms with Gasteiger partial charge >= 0.3 is 11.9 Å². The van der Waals surface area contributed by atoms with Crippen molar-refractivity contribution in [1.29, 1.82) is 0 Å². The molecule has 0 aliphatic heterocycles. The van der Waals surface area contributed by atoms with Crippen molar-refractivity contribution in [3.8, 4) is 12.3 Å². The molecular weight excluding hydrogens is 256 g/mol. The first-order valence-electron chi connectivity index (χ1n) is 6.51. The van der Waals surface area contributed by atoms with Gasteiger partial charge in [0.25, 0.3) is 0 Å². The van der Waals surface area contributed by atoms with E-state index in [4.69, 9.17) is 15.9 Å². The van der Waals surface area contributed by atoms with Crippen molar-refractivity contribution in [1.82, 2.24) is 0 Å². The minimum absolute atomic E-state index is 0.179. The largest absolute Gasteiger partial charge is 0.465 e. The van der Waals surface area contributed by atoms with Crippen molar-refractivity contribution < 1.29 is 19.1 Å². The molecule has 0 saturated heterocycles. The zero-order valence-electron chi connectivity index (χ0n) is 11.7. The highest BCUT2D eigenvalue weighted by molar-refractivity contribution is 5.95. The average molecular weight is 274 g/mol. The Hall–Kier alpha value is -2.28. The molecule has 0 unspecified atom stereocenters. The molecule has 0 aromatic heterocycles. The molecule has 20 heavy (non-hydrogen) atoms. The third-order valence-electron chi connectivity index (χ3n) is 2.74. The Labute approximate surface area is 119 Å². The van der Waals surface area contributed by atoms with Gasteiger partial charge in [0.1, 0.15) is 0 Å². The summed E-state index contributed by atoms with van der Waals surface area (Å²) in [7, 11) is 0. The number of carbonyl (C=O) groups excluding carboxylic acids is 2. The molecule has 0 radical (unpaired) electrons. The molecule has 106 valence electrons. The van der Waals surface area contributed by atoms with Gasteiger partial charge in [0.15, 0.2) is 5.92 Å². The average Bonchev–Trinajstić information content (AvgIpc) is 2.45. The van der Waals surface area contributed by atoms with Crippen molar-refractivity contribution in [2.45, 2.75) is 20.3 Å². The number of terminal acetylenes is 1. The van der Waals surface area contributed by atoms with E-state index in [0.717, 1.165) is 5.56 Å². The lowest BCUT2D eigenvalue weighted by Crippen LogP contribution is -2.30. The van der Waals surface area contributed by atoms with Crippen LogP contribution in [-0.4, -0.2) is 25.2 Å². The molecule has 0 aliphatic carbocycles. The number of esters is 2. The summed E-state index contributed by atoms with van der Waals surface area (Å²) < 4.78 is 9.85. The van der Waals surface area contributed by atoms with E-state index in [1.54, 1.807) is 26.0 Å². The maximum Gasteiger partial charge on any atom is 0.320 e. The number of hydrogen-bond acceptors (Lipinski definition) is 4. The summed E-state index contributed by atoms with van der Waals surface area (Å²) in [5.74, 6) is 0.386. The third-order valence-corrected chi connectivity index (χ3v) is 2.74. The molecule has 0 saturated carbocycles. The Morgan fingerprint density at radius 3 is 2.20 bits per heavy atom. The van der Waals surface area contributed by atoms with Gasteiger partial charge in [-0.2, -0.15) is 0 Å². The van der Waals surface area contributed by atoms with E-state index in [2.05, 4.69) is 5.92 Å². The highest BCUT2D eigenvalue weighted by atomic mass is 16.6. The van der Waals surface area contributed by atoms with Crippen LogP contribution in [0.1, 0.15) is 25.0 Å². The Morgan fingerprint density at radius 1 is 1.15 bits per heavy atom. The van der Waals surface area contributed by atoms with Crippen LogP contribution in [0, 0.1) is 18.3 Å². The molecule has 1 rings (SSSR count). The molecule has 0 fully saturated rings. The van der Waals surface area contributed by atoms with E-state index < -0.39 is 17.9 Å². The van der Waals surface area contributed by atoms with Crippen LogP contribution in [0.2, 0.25) is 0 Å². The van der Waals surface area contributed by atoms with E-state index >= 15 is 0 Å². The Balaban J connectivity index is 2.97. The van der Waals surface area contributed by atoms with Gasteiger partial charge in [-0.25, -0.2) is 0 Å². The van der Waals surface area contributed by atoms with Gasteiger partial charge in [0.2, 0.25) is 0 Å². The number of ether oxygens (including phenoxy) is 2. The molecule has 0 spiro atoms. The lowest BCUT2D eigenvalue weighted by Gasteiger charge is -2.15. The van der Waals surface area contributed by atoms with Crippen LogP contribution in [0.15, 0.2) is 24.3 Å². The summed E-state index contributed by atoms with van der Waals surface area (Å²) in [6.07, 6.45) is 5.59. The summed E-state index contributed by atoms with van der Waals surface area (Å²) in [4.78, 5) is 23.8. The fraction of sp³-hybridized carbons (Fsp3) is 0.375. The van der Waals surface area contributed by atoms with Crippen molar-refractivity contribution in [2.75, 3.05) is 13.2 Å². The van der Waals surface area contributed by atoms with Crippen LogP contribution in [0.25, 0.3) is 0 Å². The number of rotatable bonds is 6. The number of benzene rings is 1. The predicted octanol–water partition coefficient (Wildman–Crippen LogP) is 1.95. The molecule has 4 heteroatoms. The number of hydrogen-bond donors (Lipinski definition) is 0. The smallest absolute Gasteiger partial charge is 0.320 e. The minimum Gasteiger partial charge on any atom is -0.465 e. The second-order valence-electron chi connectivity index (χ2n) is 4.06. The van der Waals surface area contributed by atoms with Crippen LogP contribution in [0.3, 0.4) is 0 Å². The van der Waals surface area contributed by atoms with Crippen LogP contribution < -0.4 is 0 Å². The lowest BCUT2D eigenvalue weighted by molar-refractivity contribution is -0.161. The molecule has 0 atom stereocenters. The molecule has 1 aromatic carbocycles. The van der Waals surface area contributed by atoms with E-state index in [1.807, 2.05) is 12.1 Å². The topological polar surface area (TPSA) is 52.6 Å². The molecular formula is C16H18O4. The predicted molar refractivity (Wildman–Crippen MR) is 74.8 cm³/mol. The summed E-state index contributed by atoms with van der Waals surface area (Å²) >= 11 is 0. The second-order valence-corrected chi connectivity index (χ2v) is 4.06. The Morgan fingerprint density at radius 2 is 1.70 bits per heavy atom. The number of carbonyl (C=O) groups is 2. The fourth-order valence-corrected chi connectivity index (χ4v) is 1.81. The molecule has 4 nitrogen and oxygen atoms in total. The van der Waals surface area contributed by atoms with E-state index in [9.17, 15) is 9.59 Å². The van der Waals surface area contributed by atoms with Gasteiger partial charge in [0, 0.05) is 5.56 Å². The quantitative estimate of drug-likeness (QED) is 0.452. The Bertz CT molecular complexity index is 495. The van der Waals surface area contributed by atoms with Crippen LogP contribution in [0.5, 0.6) is 0 Å². The summed E-state index contributed by atoms with van der Waals surface area (Å²) in [5.41, 5.74) is 1.41. The minimum atomic E-state index is -0.982. The normalized spacial score (nSPS) is 9.90. The van der Waals surface area contributed by atoms with Crippen molar-refractivity contribution >= 4 is 11.9 Å². The third kappa shape index (κ3) is 4.13. The van der Waals surface area contributed by atoms with Crippen LogP contribution in [0.4, 0.5) is 0 Å². The maximum absolute atomic E-state index is 11.9. The Kier molecular flexibility index (Phi) is 6.31.